The minimum absolute atomic E-state index is 0.0324. The highest BCUT2D eigenvalue weighted by atomic mass is 32.2. The number of sulfone groups is 1. The van der Waals surface area contributed by atoms with E-state index < -0.39 is 15.9 Å². The van der Waals surface area contributed by atoms with E-state index in [0.29, 0.717) is 37.8 Å². The van der Waals surface area contributed by atoms with Gasteiger partial charge in [0.1, 0.15) is 5.75 Å². The Hall–Kier alpha value is -1.89. The largest absolute Gasteiger partial charge is 0.496 e. The van der Waals surface area contributed by atoms with Crippen LogP contribution in [0.3, 0.4) is 0 Å². The van der Waals surface area contributed by atoms with Gasteiger partial charge in [-0.15, -0.1) is 0 Å². The van der Waals surface area contributed by atoms with Crippen molar-refractivity contribution >= 4 is 21.5 Å². The van der Waals surface area contributed by atoms with Crippen molar-refractivity contribution in [3.8, 4) is 5.75 Å². The fourth-order valence-corrected chi connectivity index (χ4v) is 6.04. The van der Waals surface area contributed by atoms with E-state index in [1.165, 1.54) is 0 Å². The molecule has 2 saturated heterocycles. The predicted molar refractivity (Wildman–Crippen MR) is 103 cm³/mol. The van der Waals surface area contributed by atoms with Crippen molar-refractivity contribution in [1.82, 2.24) is 4.90 Å². The molecule has 7 heteroatoms. The fraction of sp³-hybridized carbons (Fsp3) is 0.600. The van der Waals surface area contributed by atoms with Crippen molar-refractivity contribution in [2.45, 2.75) is 45.1 Å². The fourth-order valence-electron chi connectivity index (χ4n) is 4.13. The third-order valence-corrected chi connectivity index (χ3v) is 7.49. The number of hydrogen-bond donors (Lipinski definition) is 0. The summed E-state index contributed by atoms with van der Waals surface area (Å²) in [5.74, 6) is 1.15. The molecule has 1 aromatic carbocycles. The number of rotatable bonds is 6. The molecule has 0 aromatic heterocycles. The molecule has 3 rings (SSSR count). The van der Waals surface area contributed by atoms with Crippen LogP contribution >= 0.6 is 0 Å². The molecule has 1 amide bonds. The van der Waals surface area contributed by atoms with Gasteiger partial charge < -0.3 is 9.64 Å². The zero-order valence-electron chi connectivity index (χ0n) is 15.9. The highest BCUT2D eigenvalue weighted by molar-refractivity contribution is 7.91. The Balaban J connectivity index is 1.63. The number of aryl methyl sites for hydroxylation is 1. The van der Waals surface area contributed by atoms with Gasteiger partial charge in [-0.1, -0.05) is 0 Å². The van der Waals surface area contributed by atoms with Gasteiger partial charge >= 0.3 is 0 Å². The molecule has 0 spiro atoms. The lowest BCUT2D eigenvalue weighted by Crippen LogP contribution is -2.40. The Bertz CT molecular complexity index is 833. The van der Waals surface area contributed by atoms with Gasteiger partial charge in [-0.3, -0.25) is 9.59 Å². The molecule has 0 bridgehead atoms. The molecule has 2 atom stereocenters. The summed E-state index contributed by atoms with van der Waals surface area (Å²) < 4.78 is 28.4. The number of carbonyl (C=O) groups excluding carboxylic acids is 2. The molecular formula is C20H27NO5S. The lowest BCUT2D eigenvalue weighted by Gasteiger charge is -2.24. The third-order valence-electron chi connectivity index (χ3n) is 5.65. The summed E-state index contributed by atoms with van der Waals surface area (Å²) in [6, 6.07) is 4.92. The number of benzene rings is 1. The van der Waals surface area contributed by atoms with E-state index in [2.05, 4.69) is 0 Å². The molecule has 1 aromatic rings. The zero-order chi connectivity index (χ0) is 19.6. The summed E-state index contributed by atoms with van der Waals surface area (Å²) >= 11 is 0. The number of ether oxygens (including phenoxy) is 1. The molecule has 2 heterocycles. The number of Topliss-reactive ketones (excluding diaryl/α,β-unsaturated/α-hetero) is 1. The summed E-state index contributed by atoms with van der Waals surface area (Å²) in [5.41, 5.74) is 1.49. The number of amides is 1. The van der Waals surface area contributed by atoms with E-state index >= 15 is 0 Å². The molecule has 148 valence electrons. The van der Waals surface area contributed by atoms with Crippen molar-refractivity contribution in [2.24, 2.45) is 5.92 Å². The third kappa shape index (κ3) is 4.51. The minimum Gasteiger partial charge on any atom is -0.496 e. The van der Waals surface area contributed by atoms with Gasteiger partial charge in [0.2, 0.25) is 5.91 Å². The number of ketones is 1. The topological polar surface area (TPSA) is 80.8 Å². The van der Waals surface area contributed by atoms with Gasteiger partial charge in [0.05, 0.1) is 24.7 Å². The van der Waals surface area contributed by atoms with E-state index in [4.69, 9.17) is 4.74 Å². The average molecular weight is 394 g/mol. The van der Waals surface area contributed by atoms with Crippen LogP contribution in [0, 0.1) is 12.8 Å². The molecule has 0 radical (unpaired) electrons. The molecule has 0 saturated carbocycles. The van der Waals surface area contributed by atoms with Crippen molar-refractivity contribution in [3.05, 3.63) is 29.3 Å². The number of likely N-dealkylation sites (tertiary alicyclic amines) is 1. The van der Waals surface area contributed by atoms with Crippen LogP contribution in [0.1, 0.15) is 48.0 Å². The average Bonchev–Trinajstić information content (AvgIpc) is 3.25. The first kappa shape index (κ1) is 19.9. The molecule has 27 heavy (non-hydrogen) atoms. The van der Waals surface area contributed by atoms with Gasteiger partial charge in [0, 0.05) is 18.5 Å². The monoisotopic (exact) mass is 393 g/mol. The standard InChI is InChI=1S/C20H27NO5S/c1-14-12-16(6-7-18(14)26-2)20(23)17-4-3-10-21(17)19(22)8-5-15-9-11-27(24,25)13-15/h6-7,12,15,17H,3-5,8-11,13H2,1-2H3. The quantitative estimate of drug-likeness (QED) is 0.693. The van der Waals surface area contributed by atoms with Crippen LogP contribution in [0.15, 0.2) is 18.2 Å². The van der Waals surface area contributed by atoms with Crippen molar-refractivity contribution in [3.63, 3.8) is 0 Å². The molecule has 2 fully saturated rings. The normalized spacial score (nSPS) is 24.1. The van der Waals surface area contributed by atoms with E-state index in [-0.39, 0.29) is 29.1 Å². The minimum atomic E-state index is -2.92. The van der Waals surface area contributed by atoms with E-state index in [0.717, 1.165) is 17.7 Å². The van der Waals surface area contributed by atoms with E-state index in [1.807, 2.05) is 13.0 Å². The first-order valence-corrected chi connectivity index (χ1v) is 11.3. The van der Waals surface area contributed by atoms with Crippen molar-refractivity contribution in [2.75, 3.05) is 25.2 Å². The smallest absolute Gasteiger partial charge is 0.223 e. The lowest BCUT2D eigenvalue weighted by atomic mass is 9.99. The maximum Gasteiger partial charge on any atom is 0.223 e. The van der Waals surface area contributed by atoms with Crippen LogP contribution in [0.4, 0.5) is 0 Å². The highest BCUT2D eigenvalue weighted by Crippen LogP contribution is 2.27. The van der Waals surface area contributed by atoms with E-state index in [9.17, 15) is 18.0 Å². The second-order valence-corrected chi connectivity index (χ2v) is 9.83. The number of carbonyl (C=O) groups is 2. The van der Waals surface area contributed by atoms with Gasteiger partial charge in [-0.2, -0.15) is 0 Å². The number of methoxy groups -OCH3 is 1. The first-order chi connectivity index (χ1) is 12.8. The van der Waals surface area contributed by atoms with Crippen LogP contribution in [-0.4, -0.2) is 56.2 Å². The summed E-state index contributed by atoms with van der Waals surface area (Å²) in [6.07, 6.45) is 3.02. The first-order valence-electron chi connectivity index (χ1n) is 9.49. The van der Waals surface area contributed by atoms with Crippen molar-refractivity contribution < 1.29 is 22.7 Å². The highest BCUT2D eigenvalue weighted by Gasteiger charge is 2.35. The Morgan fingerprint density at radius 1 is 1.26 bits per heavy atom. The summed E-state index contributed by atoms with van der Waals surface area (Å²) in [6.45, 7) is 2.48. The molecule has 0 aliphatic carbocycles. The molecular weight excluding hydrogens is 366 g/mol. The summed E-state index contributed by atoms with van der Waals surface area (Å²) in [7, 11) is -1.33. The number of hydrogen-bond acceptors (Lipinski definition) is 5. The lowest BCUT2D eigenvalue weighted by molar-refractivity contribution is -0.131. The van der Waals surface area contributed by atoms with Gasteiger partial charge in [0.25, 0.3) is 0 Å². The summed E-state index contributed by atoms with van der Waals surface area (Å²) in [4.78, 5) is 27.3. The van der Waals surface area contributed by atoms with E-state index in [1.54, 1.807) is 24.1 Å². The van der Waals surface area contributed by atoms with Crippen LogP contribution in [0.5, 0.6) is 5.75 Å². The second kappa shape index (κ2) is 8.00. The van der Waals surface area contributed by atoms with Crippen LogP contribution in [-0.2, 0) is 14.6 Å². The molecule has 2 aliphatic rings. The van der Waals surface area contributed by atoms with Crippen LogP contribution in [0.2, 0.25) is 0 Å². The molecule has 2 unspecified atom stereocenters. The Morgan fingerprint density at radius 2 is 2.04 bits per heavy atom. The zero-order valence-corrected chi connectivity index (χ0v) is 16.8. The summed E-state index contributed by atoms with van der Waals surface area (Å²) in [5, 5.41) is 0. The Kier molecular flexibility index (Phi) is 5.89. The van der Waals surface area contributed by atoms with Crippen LogP contribution in [0.25, 0.3) is 0 Å². The second-order valence-electron chi connectivity index (χ2n) is 7.60. The van der Waals surface area contributed by atoms with Gasteiger partial charge in [0.15, 0.2) is 15.6 Å². The van der Waals surface area contributed by atoms with Gasteiger partial charge in [-0.05, 0) is 62.3 Å². The van der Waals surface area contributed by atoms with Crippen LogP contribution < -0.4 is 4.74 Å². The predicted octanol–water partition coefficient (Wildman–Crippen LogP) is 2.39. The SMILES string of the molecule is COc1ccc(C(=O)C2CCCN2C(=O)CCC2CCS(=O)(=O)C2)cc1C. The van der Waals surface area contributed by atoms with Gasteiger partial charge in [-0.25, -0.2) is 8.42 Å². The Morgan fingerprint density at radius 3 is 2.67 bits per heavy atom. The molecule has 2 aliphatic heterocycles. The molecule has 6 nitrogen and oxygen atoms in total. The maximum absolute atomic E-state index is 12.9. The molecule has 0 N–H and O–H groups in total. The van der Waals surface area contributed by atoms with Crippen molar-refractivity contribution in [1.29, 1.82) is 0 Å². The Labute approximate surface area is 160 Å². The number of nitrogens with zero attached hydrogens (tertiary/aromatic N) is 1. The maximum atomic E-state index is 12.9.